The SMILES string of the molecule is Nc1cc(F)cc(SCc2cc(Br)cc3c2OCC3)c1. The lowest BCUT2D eigenvalue weighted by molar-refractivity contribution is 0.354. The Morgan fingerprint density at radius 3 is 2.90 bits per heavy atom. The van der Waals surface area contributed by atoms with Crippen LogP contribution in [0.15, 0.2) is 39.7 Å². The van der Waals surface area contributed by atoms with Crippen molar-refractivity contribution in [3.8, 4) is 5.75 Å². The molecule has 0 unspecified atom stereocenters. The van der Waals surface area contributed by atoms with E-state index in [1.165, 1.54) is 17.7 Å². The van der Waals surface area contributed by atoms with Crippen LogP contribution in [0.2, 0.25) is 0 Å². The van der Waals surface area contributed by atoms with Crippen molar-refractivity contribution in [1.82, 2.24) is 0 Å². The number of nitrogens with two attached hydrogens (primary N) is 1. The van der Waals surface area contributed by atoms with Crippen LogP contribution in [0.1, 0.15) is 11.1 Å². The molecule has 0 spiro atoms. The van der Waals surface area contributed by atoms with Crippen LogP contribution in [0.25, 0.3) is 0 Å². The summed E-state index contributed by atoms with van der Waals surface area (Å²) < 4.78 is 20.1. The van der Waals surface area contributed by atoms with Crippen molar-refractivity contribution >= 4 is 33.4 Å². The Bertz CT molecular complexity index is 642. The van der Waals surface area contributed by atoms with Crippen molar-refractivity contribution in [3.63, 3.8) is 0 Å². The molecule has 1 heterocycles. The van der Waals surface area contributed by atoms with Crippen LogP contribution >= 0.6 is 27.7 Å². The topological polar surface area (TPSA) is 35.2 Å². The normalized spacial score (nSPS) is 13.1. The van der Waals surface area contributed by atoms with Gasteiger partial charge in [-0.1, -0.05) is 15.9 Å². The third-order valence-electron chi connectivity index (χ3n) is 3.11. The number of fused-ring (bicyclic) bond motifs is 1. The summed E-state index contributed by atoms with van der Waals surface area (Å²) in [6, 6.07) is 8.76. The van der Waals surface area contributed by atoms with E-state index in [-0.39, 0.29) is 5.82 Å². The van der Waals surface area contributed by atoms with Crippen molar-refractivity contribution in [2.24, 2.45) is 0 Å². The van der Waals surface area contributed by atoms with Gasteiger partial charge in [-0.05, 0) is 35.9 Å². The van der Waals surface area contributed by atoms with E-state index >= 15 is 0 Å². The van der Waals surface area contributed by atoms with Crippen molar-refractivity contribution in [1.29, 1.82) is 0 Å². The molecule has 20 heavy (non-hydrogen) atoms. The number of thioether (sulfide) groups is 1. The van der Waals surface area contributed by atoms with Crippen molar-refractivity contribution in [2.45, 2.75) is 17.1 Å². The summed E-state index contributed by atoms with van der Waals surface area (Å²) in [5.74, 6) is 1.40. The van der Waals surface area contributed by atoms with E-state index in [9.17, 15) is 4.39 Å². The maximum atomic E-state index is 13.3. The Hall–Kier alpha value is -1.20. The van der Waals surface area contributed by atoms with Crippen LogP contribution < -0.4 is 10.5 Å². The molecule has 0 saturated heterocycles. The van der Waals surface area contributed by atoms with Gasteiger partial charge in [-0.25, -0.2) is 4.39 Å². The first-order valence-corrected chi connectivity index (χ1v) is 8.02. The summed E-state index contributed by atoms with van der Waals surface area (Å²) >= 11 is 5.08. The maximum Gasteiger partial charge on any atom is 0.126 e. The highest BCUT2D eigenvalue weighted by atomic mass is 79.9. The number of hydrogen-bond donors (Lipinski definition) is 1. The highest BCUT2D eigenvalue weighted by Crippen LogP contribution is 2.36. The lowest BCUT2D eigenvalue weighted by Gasteiger charge is -2.09. The minimum atomic E-state index is -0.303. The van der Waals surface area contributed by atoms with Gasteiger partial charge in [-0.15, -0.1) is 11.8 Å². The summed E-state index contributed by atoms with van der Waals surface area (Å²) in [6.45, 7) is 0.733. The molecular weight excluding hydrogens is 341 g/mol. The fraction of sp³-hybridized carbons (Fsp3) is 0.200. The lowest BCUT2D eigenvalue weighted by Crippen LogP contribution is -1.91. The molecule has 0 bridgehead atoms. The Labute approximate surface area is 129 Å². The Balaban J connectivity index is 1.82. The molecule has 1 aliphatic heterocycles. The molecule has 2 aromatic rings. The highest BCUT2D eigenvalue weighted by Gasteiger charge is 2.17. The first-order valence-electron chi connectivity index (χ1n) is 6.25. The number of rotatable bonds is 3. The summed E-state index contributed by atoms with van der Waals surface area (Å²) in [7, 11) is 0. The van der Waals surface area contributed by atoms with Crippen molar-refractivity contribution in [3.05, 3.63) is 51.7 Å². The molecule has 0 atom stereocenters. The zero-order chi connectivity index (χ0) is 14.1. The van der Waals surface area contributed by atoms with Gasteiger partial charge in [0.25, 0.3) is 0 Å². The van der Waals surface area contributed by atoms with E-state index in [1.54, 1.807) is 17.8 Å². The van der Waals surface area contributed by atoms with Gasteiger partial charge in [-0.3, -0.25) is 0 Å². The zero-order valence-corrected chi connectivity index (χ0v) is 13.1. The van der Waals surface area contributed by atoms with Gasteiger partial charge in [0.1, 0.15) is 11.6 Å². The molecule has 0 amide bonds. The average molecular weight is 354 g/mol. The molecular formula is C15H13BrFNOS. The van der Waals surface area contributed by atoms with Crippen LogP contribution in [0.4, 0.5) is 10.1 Å². The van der Waals surface area contributed by atoms with E-state index in [4.69, 9.17) is 10.5 Å². The van der Waals surface area contributed by atoms with Crippen LogP contribution in [0.5, 0.6) is 5.75 Å². The molecule has 2 nitrogen and oxygen atoms in total. The predicted molar refractivity (Wildman–Crippen MR) is 83.7 cm³/mol. The molecule has 0 aromatic heterocycles. The molecule has 1 aliphatic rings. The molecule has 0 radical (unpaired) electrons. The van der Waals surface area contributed by atoms with Gasteiger partial charge >= 0.3 is 0 Å². The summed E-state index contributed by atoms with van der Waals surface area (Å²) in [6.07, 6.45) is 0.944. The Kier molecular flexibility index (Phi) is 3.89. The van der Waals surface area contributed by atoms with E-state index < -0.39 is 0 Å². The quantitative estimate of drug-likeness (QED) is 0.656. The second-order valence-electron chi connectivity index (χ2n) is 4.66. The van der Waals surface area contributed by atoms with Gasteiger partial charge in [-0.2, -0.15) is 0 Å². The molecule has 2 N–H and O–H groups in total. The van der Waals surface area contributed by atoms with E-state index in [2.05, 4.69) is 28.1 Å². The Morgan fingerprint density at radius 1 is 1.25 bits per heavy atom. The van der Waals surface area contributed by atoms with E-state index in [0.29, 0.717) is 5.69 Å². The molecule has 0 saturated carbocycles. The van der Waals surface area contributed by atoms with Crippen LogP contribution in [0, 0.1) is 5.82 Å². The minimum absolute atomic E-state index is 0.303. The van der Waals surface area contributed by atoms with Gasteiger partial charge in [0, 0.05) is 32.8 Å². The smallest absolute Gasteiger partial charge is 0.126 e. The van der Waals surface area contributed by atoms with Crippen molar-refractivity contribution in [2.75, 3.05) is 12.3 Å². The summed E-state index contributed by atoms with van der Waals surface area (Å²) in [5, 5.41) is 0. The molecule has 0 fully saturated rings. The number of ether oxygens (including phenoxy) is 1. The molecule has 5 heteroatoms. The molecule has 0 aliphatic carbocycles. The standard InChI is InChI=1S/C15H13BrFNOS/c16-11-3-9-1-2-19-15(9)10(4-11)8-20-14-6-12(17)5-13(18)7-14/h3-7H,1-2,8,18H2. The molecule has 3 rings (SSSR count). The third kappa shape index (κ3) is 2.94. The third-order valence-corrected chi connectivity index (χ3v) is 4.60. The minimum Gasteiger partial charge on any atom is -0.493 e. The second-order valence-corrected chi connectivity index (χ2v) is 6.62. The first kappa shape index (κ1) is 13.8. The highest BCUT2D eigenvalue weighted by molar-refractivity contribution is 9.10. The second kappa shape index (κ2) is 5.66. The van der Waals surface area contributed by atoms with Crippen LogP contribution in [-0.4, -0.2) is 6.61 Å². The number of halogens is 2. The van der Waals surface area contributed by atoms with Gasteiger partial charge in [0.15, 0.2) is 0 Å². The summed E-state index contributed by atoms with van der Waals surface area (Å²) in [5.41, 5.74) is 8.46. The first-order chi connectivity index (χ1) is 9.61. The number of benzene rings is 2. The fourth-order valence-corrected chi connectivity index (χ4v) is 3.79. The Morgan fingerprint density at radius 2 is 2.10 bits per heavy atom. The van der Waals surface area contributed by atoms with Gasteiger partial charge < -0.3 is 10.5 Å². The van der Waals surface area contributed by atoms with Crippen LogP contribution in [0.3, 0.4) is 0 Å². The van der Waals surface area contributed by atoms with E-state index in [1.807, 2.05) is 0 Å². The maximum absolute atomic E-state index is 13.3. The van der Waals surface area contributed by atoms with E-state index in [0.717, 1.165) is 39.5 Å². The summed E-state index contributed by atoms with van der Waals surface area (Å²) in [4.78, 5) is 0.828. The largest absolute Gasteiger partial charge is 0.493 e. The molecule has 2 aromatic carbocycles. The predicted octanol–water partition coefficient (Wildman–Crippen LogP) is 4.40. The number of hydrogen-bond acceptors (Lipinski definition) is 3. The lowest BCUT2D eigenvalue weighted by atomic mass is 10.1. The average Bonchev–Trinajstić information content (AvgIpc) is 2.82. The number of nitrogen functional groups attached to an aromatic ring is 1. The fourth-order valence-electron chi connectivity index (χ4n) is 2.28. The monoisotopic (exact) mass is 353 g/mol. The van der Waals surface area contributed by atoms with Crippen LogP contribution in [-0.2, 0) is 12.2 Å². The van der Waals surface area contributed by atoms with Gasteiger partial charge in [0.05, 0.1) is 6.61 Å². The molecule has 104 valence electrons. The number of anilines is 1. The zero-order valence-electron chi connectivity index (χ0n) is 10.7. The van der Waals surface area contributed by atoms with Crippen molar-refractivity contribution < 1.29 is 9.13 Å². The van der Waals surface area contributed by atoms with Gasteiger partial charge in [0.2, 0.25) is 0 Å².